The summed E-state index contributed by atoms with van der Waals surface area (Å²) in [7, 11) is 3.50. The molecule has 32 heavy (non-hydrogen) atoms. The topological polar surface area (TPSA) is 59.8 Å². The Morgan fingerprint density at radius 3 is 2.50 bits per heavy atom. The van der Waals surface area contributed by atoms with Gasteiger partial charge in [0.05, 0.1) is 18.3 Å². The number of methoxy groups -OCH3 is 1. The van der Waals surface area contributed by atoms with E-state index in [0.717, 1.165) is 29.7 Å². The normalized spacial score (nSPS) is 12.3. The molecular weight excluding hydrogens is 409 g/mol. The number of hydrogen-bond donors (Lipinski definition) is 1. The summed E-state index contributed by atoms with van der Waals surface area (Å²) in [4.78, 5) is 2.16. The third-order valence-corrected chi connectivity index (χ3v) is 5.25. The number of aliphatic hydroxyl groups is 1. The van der Waals surface area contributed by atoms with Gasteiger partial charge in [-0.3, -0.25) is 4.90 Å². The van der Waals surface area contributed by atoms with Crippen LogP contribution in [0.4, 0.5) is 4.39 Å². The molecule has 0 saturated carbocycles. The maximum absolute atomic E-state index is 13.4. The Balaban J connectivity index is 1.98. The van der Waals surface area contributed by atoms with E-state index in [1.54, 1.807) is 23.9 Å². The molecule has 1 N–H and O–H groups in total. The van der Waals surface area contributed by atoms with E-state index in [0.29, 0.717) is 37.9 Å². The van der Waals surface area contributed by atoms with Gasteiger partial charge in [0.15, 0.2) is 0 Å². The fourth-order valence-electron chi connectivity index (χ4n) is 3.67. The lowest BCUT2D eigenvalue weighted by molar-refractivity contribution is 0.0797. The standard InChI is InChI=1S/C25H32FN3O3/c1-4-8-21(30)17-29(15-16-31-3)18-23-24(19-9-6-5-7-10-19)27-28(2)25(23)32-22-13-11-20(26)12-14-22/h5-7,9-14,21,30H,4,8,15-18H2,1-3H3/t21-/m0/s1. The van der Waals surface area contributed by atoms with E-state index < -0.39 is 6.10 Å². The van der Waals surface area contributed by atoms with Gasteiger partial charge in [0, 0.05) is 39.4 Å². The summed E-state index contributed by atoms with van der Waals surface area (Å²) in [5.41, 5.74) is 2.70. The smallest absolute Gasteiger partial charge is 0.222 e. The van der Waals surface area contributed by atoms with Gasteiger partial charge < -0.3 is 14.6 Å². The van der Waals surface area contributed by atoms with Crippen molar-refractivity contribution in [2.24, 2.45) is 7.05 Å². The minimum Gasteiger partial charge on any atom is -0.439 e. The van der Waals surface area contributed by atoms with Crippen LogP contribution in [0.2, 0.25) is 0 Å². The molecule has 0 radical (unpaired) electrons. The van der Waals surface area contributed by atoms with Crippen molar-refractivity contribution in [2.75, 3.05) is 26.8 Å². The molecule has 0 unspecified atom stereocenters. The molecule has 172 valence electrons. The lowest BCUT2D eigenvalue weighted by Crippen LogP contribution is -2.34. The van der Waals surface area contributed by atoms with Crippen LogP contribution < -0.4 is 4.74 Å². The highest BCUT2D eigenvalue weighted by Crippen LogP contribution is 2.34. The summed E-state index contributed by atoms with van der Waals surface area (Å²) in [5.74, 6) is 0.802. The first-order valence-corrected chi connectivity index (χ1v) is 11.0. The van der Waals surface area contributed by atoms with Crippen molar-refractivity contribution in [1.29, 1.82) is 0 Å². The number of aryl methyl sites for hydroxylation is 1. The summed E-state index contributed by atoms with van der Waals surface area (Å²) < 4.78 is 26.5. The predicted molar refractivity (Wildman–Crippen MR) is 123 cm³/mol. The fraction of sp³-hybridized carbons (Fsp3) is 0.400. The Kier molecular flexibility index (Phi) is 8.79. The summed E-state index contributed by atoms with van der Waals surface area (Å²) >= 11 is 0. The van der Waals surface area contributed by atoms with Crippen molar-refractivity contribution < 1.29 is 19.0 Å². The second-order valence-electron chi connectivity index (χ2n) is 7.85. The van der Waals surface area contributed by atoms with Gasteiger partial charge in [-0.05, 0) is 30.7 Å². The molecule has 1 atom stereocenters. The predicted octanol–water partition coefficient (Wildman–Crippen LogP) is 4.63. The molecule has 0 saturated heterocycles. The van der Waals surface area contributed by atoms with Gasteiger partial charge in [-0.1, -0.05) is 43.7 Å². The van der Waals surface area contributed by atoms with Crippen LogP contribution in [0.1, 0.15) is 25.3 Å². The Morgan fingerprint density at radius 1 is 1.12 bits per heavy atom. The van der Waals surface area contributed by atoms with E-state index in [-0.39, 0.29) is 5.82 Å². The van der Waals surface area contributed by atoms with E-state index >= 15 is 0 Å². The molecule has 0 aliphatic carbocycles. The third-order valence-electron chi connectivity index (χ3n) is 5.25. The summed E-state index contributed by atoms with van der Waals surface area (Å²) in [6.07, 6.45) is 1.23. The van der Waals surface area contributed by atoms with Gasteiger partial charge in [0.2, 0.25) is 5.88 Å². The van der Waals surface area contributed by atoms with E-state index in [9.17, 15) is 9.50 Å². The number of ether oxygens (including phenoxy) is 2. The van der Waals surface area contributed by atoms with Crippen LogP contribution in [-0.4, -0.2) is 52.7 Å². The third kappa shape index (κ3) is 6.38. The lowest BCUT2D eigenvalue weighted by atomic mass is 10.1. The molecule has 7 heteroatoms. The molecule has 3 aromatic rings. The second-order valence-corrected chi connectivity index (χ2v) is 7.85. The Morgan fingerprint density at radius 2 is 1.84 bits per heavy atom. The Labute approximate surface area is 189 Å². The van der Waals surface area contributed by atoms with Crippen LogP contribution in [-0.2, 0) is 18.3 Å². The van der Waals surface area contributed by atoms with Crippen molar-refractivity contribution in [3.8, 4) is 22.9 Å². The molecule has 6 nitrogen and oxygen atoms in total. The zero-order chi connectivity index (χ0) is 22.9. The molecule has 1 aromatic heterocycles. The molecule has 3 rings (SSSR count). The van der Waals surface area contributed by atoms with Gasteiger partial charge in [-0.2, -0.15) is 5.10 Å². The van der Waals surface area contributed by atoms with E-state index in [1.165, 1.54) is 12.1 Å². The largest absolute Gasteiger partial charge is 0.439 e. The Hall–Kier alpha value is -2.74. The van der Waals surface area contributed by atoms with Gasteiger partial charge in [0.1, 0.15) is 17.3 Å². The van der Waals surface area contributed by atoms with Gasteiger partial charge in [-0.25, -0.2) is 9.07 Å². The van der Waals surface area contributed by atoms with Crippen LogP contribution >= 0.6 is 0 Å². The maximum Gasteiger partial charge on any atom is 0.222 e. The van der Waals surface area contributed by atoms with Gasteiger partial charge >= 0.3 is 0 Å². The number of halogens is 1. The van der Waals surface area contributed by atoms with E-state index in [2.05, 4.69) is 11.8 Å². The maximum atomic E-state index is 13.4. The fourth-order valence-corrected chi connectivity index (χ4v) is 3.67. The summed E-state index contributed by atoms with van der Waals surface area (Å²) in [6.45, 7) is 4.32. The van der Waals surface area contributed by atoms with Crippen molar-refractivity contribution >= 4 is 0 Å². The quantitative estimate of drug-likeness (QED) is 0.444. The Bertz CT molecular complexity index is 961. The number of aromatic nitrogens is 2. The summed E-state index contributed by atoms with van der Waals surface area (Å²) in [5, 5.41) is 15.2. The van der Waals surface area contributed by atoms with Crippen LogP contribution in [0.15, 0.2) is 54.6 Å². The molecule has 0 aliphatic heterocycles. The second kappa shape index (κ2) is 11.8. The first kappa shape index (κ1) is 23.9. The SMILES string of the molecule is CCC[C@H](O)CN(CCOC)Cc1c(-c2ccccc2)nn(C)c1Oc1ccc(F)cc1. The molecule has 1 heterocycles. The zero-order valence-electron chi connectivity index (χ0n) is 19.0. The highest BCUT2D eigenvalue weighted by Gasteiger charge is 2.23. The molecule has 0 bridgehead atoms. The van der Waals surface area contributed by atoms with Crippen molar-refractivity contribution in [3.05, 3.63) is 66.0 Å². The van der Waals surface area contributed by atoms with Crippen LogP contribution in [0.5, 0.6) is 11.6 Å². The number of nitrogens with zero attached hydrogens (tertiary/aromatic N) is 3. The van der Waals surface area contributed by atoms with Crippen molar-refractivity contribution in [3.63, 3.8) is 0 Å². The van der Waals surface area contributed by atoms with Gasteiger partial charge in [-0.15, -0.1) is 0 Å². The molecule has 0 aliphatic rings. The van der Waals surface area contributed by atoms with Crippen LogP contribution in [0.25, 0.3) is 11.3 Å². The highest BCUT2D eigenvalue weighted by molar-refractivity contribution is 5.65. The van der Waals surface area contributed by atoms with E-state index in [4.69, 9.17) is 14.6 Å². The molecule has 0 fully saturated rings. The lowest BCUT2D eigenvalue weighted by Gasteiger charge is -2.25. The molecule has 0 spiro atoms. The average Bonchev–Trinajstić information content (AvgIpc) is 3.09. The average molecular weight is 442 g/mol. The minimum atomic E-state index is -0.421. The van der Waals surface area contributed by atoms with Crippen LogP contribution in [0, 0.1) is 5.82 Å². The number of benzene rings is 2. The highest BCUT2D eigenvalue weighted by atomic mass is 19.1. The summed E-state index contributed by atoms with van der Waals surface area (Å²) in [6, 6.07) is 15.9. The van der Waals surface area contributed by atoms with Gasteiger partial charge in [0.25, 0.3) is 0 Å². The van der Waals surface area contributed by atoms with Crippen molar-refractivity contribution in [2.45, 2.75) is 32.4 Å². The number of rotatable bonds is 12. The monoisotopic (exact) mass is 441 g/mol. The van der Waals surface area contributed by atoms with E-state index in [1.807, 2.05) is 37.4 Å². The molecular formula is C25H32FN3O3. The molecule has 2 aromatic carbocycles. The first-order valence-electron chi connectivity index (χ1n) is 11.0. The number of hydrogen-bond acceptors (Lipinski definition) is 5. The molecule has 0 amide bonds. The zero-order valence-corrected chi connectivity index (χ0v) is 19.0. The van der Waals surface area contributed by atoms with Crippen molar-refractivity contribution in [1.82, 2.24) is 14.7 Å². The first-order chi connectivity index (χ1) is 15.5. The number of aliphatic hydroxyl groups excluding tert-OH is 1. The minimum absolute atomic E-state index is 0.316. The van der Waals surface area contributed by atoms with Crippen LogP contribution in [0.3, 0.4) is 0 Å².